The largest absolute Gasteiger partial charge is 0.507 e. The number of phenolic OH excluding ortho intramolecular Hbond substituents is 1. The smallest absolute Gasteiger partial charge is 0.235 e. The lowest BCUT2D eigenvalue weighted by molar-refractivity contribution is -0.195. The topological polar surface area (TPSA) is 175 Å². The number of hydrogen-bond donors (Lipinski definition) is 4. The number of ketones is 4. The van der Waals surface area contributed by atoms with Crippen LogP contribution in [0.2, 0.25) is 0 Å². The standard InChI is InChI=1S/C21H22N2O8/c1-23(2)14-13-15(25)8-6-7-4-3-5-9(24)10(7)16(26)11(8)18(28)21(13,31)19(29)12(17(14)27)20(22)30/h3-5,8,11-15,24-25,31H,6H2,1-2H3,(H2,22,30)/t8?,11?,12?,13?,14-,15-,21-/m0/s1. The number of Topliss-reactive ketones (excluding diaryl/α,β-unsaturated/α-hetero) is 4. The fraction of sp³-hybridized carbons (Fsp3) is 0.476. The Bertz CT molecular complexity index is 1050. The van der Waals surface area contributed by atoms with E-state index in [2.05, 4.69) is 0 Å². The highest BCUT2D eigenvalue weighted by molar-refractivity contribution is 6.32. The first kappa shape index (κ1) is 21.3. The van der Waals surface area contributed by atoms with Crippen LogP contribution in [-0.2, 0) is 25.6 Å². The Morgan fingerprint density at radius 2 is 1.81 bits per heavy atom. The number of aliphatic hydroxyl groups is 2. The normalized spacial score (nSPS) is 37.3. The third kappa shape index (κ3) is 2.58. The first-order valence-electron chi connectivity index (χ1n) is 9.78. The predicted molar refractivity (Wildman–Crippen MR) is 103 cm³/mol. The first-order chi connectivity index (χ1) is 14.4. The van der Waals surface area contributed by atoms with Crippen LogP contribution < -0.4 is 5.73 Å². The highest BCUT2D eigenvalue weighted by Crippen LogP contribution is 2.50. The van der Waals surface area contributed by atoms with Crippen molar-refractivity contribution >= 4 is 29.0 Å². The molecule has 2 fully saturated rings. The summed E-state index contributed by atoms with van der Waals surface area (Å²) in [6.07, 6.45) is -1.58. The van der Waals surface area contributed by atoms with Crippen LogP contribution in [-0.4, -0.2) is 81.1 Å². The zero-order valence-corrected chi connectivity index (χ0v) is 16.8. The summed E-state index contributed by atoms with van der Waals surface area (Å²) in [4.78, 5) is 65.8. The van der Waals surface area contributed by atoms with Gasteiger partial charge in [-0.3, -0.25) is 28.9 Å². The SMILES string of the molecule is CN(C)[C@@H]1C(=O)C(C(N)=O)C(=O)[C@@]2(O)C(=O)C3C(=O)c4c(O)cccc4CC3[C@H](O)C12. The van der Waals surface area contributed by atoms with E-state index in [1.54, 1.807) is 6.07 Å². The molecular formula is C21H22N2O8. The van der Waals surface area contributed by atoms with Crippen LogP contribution in [0.1, 0.15) is 15.9 Å². The van der Waals surface area contributed by atoms with Crippen LogP contribution >= 0.6 is 0 Å². The van der Waals surface area contributed by atoms with Crippen LogP contribution in [0.5, 0.6) is 5.75 Å². The number of primary amides is 1. The second kappa shape index (κ2) is 6.78. The second-order valence-electron chi connectivity index (χ2n) is 8.68. The van der Waals surface area contributed by atoms with Gasteiger partial charge < -0.3 is 21.1 Å². The molecule has 1 aromatic rings. The summed E-state index contributed by atoms with van der Waals surface area (Å²) in [7, 11) is 2.89. The van der Waals surface area contributed by atoms with Crippen LogP contribution in [0.15, 0.2) is 18.2 Å². The molecule has 10 nitrogen and oxygen atoms in total. The second-order valence-corrected chi connectivity index (χ2v) is 8.68. The molecule has 164 valence electrons. The number of carbonyl (C=O) groups excluding carboxylic acids is 5. The number of rotatable bonds is 2. The highest BCUT2D eigenvalue weighted by Gasteiger charge is 2.72. The number of fused-ring (bicyclic) bond motifs is 3. The molecule has 0 aliphatic heterocycles. The van der Waals surface area contributed by atoms with Crippen LogP contribution in [0.3, 0.4) is 0 Å². The Kier molecular flexibility index (Phi) is 4.65. The van der Waals surface area contributed by atoms with Crippen molar-refractivity contribution in [3.63, 3.8) is 0 Å². The Morgan fingerprint density at radius 1 is 1.16 bits per heavy atom. The van der Waals surface area contributed by atoms with Crippen molar-refractivity contribution in [2.45, 2.75) is 24.2 Å². The number of nitrogens with two attached hydrogens (primary N) is 1. The van der Waals surface area contributed by atoms with Crippen LogP contribution in [0.4, 0.5) is 0 Å². The summed E-state index contributed by atoms with van der Waals surface area (Å²) in [5, 5.41) is 32.7. The third-order valence-electron chi connectivity index (χ3n) is 6.88. The molecule has 0 aromatic heterocycles. The quantitative estimate of drug-likeness (QED) is 0.381. The molecular weight excluding hydrogens is 408 g/mol. The lowest BCUT2D eigenvalue weighted by Crippen LogP contribution is -2.77. The number of aromatic hydroxyl groups is 1. The molecule has 10 heteroatoms. The lowest BCUT2D eigenvalue weighted by atomic mass is 9.51. The fourth-order valence-electron chi connectivity index (χ4n) is 5.55. The molecule has 7 atom stereocenters. The van der Waals surface area contributed by atoms with Gasteiger partial charge in [0.05, 0.1) is 29.5 Å². The van der Waals surface area contributed by atoms with Gasteiger partial charge in [0, 0.05) is 5.92 Å². The van der Waals surface area contributed by atoms with Gasteiger partial charge in [-0.15, -0.1) is 0 Å². The van der Waals surface area contributed by atoms with Gasteiger partial charge in [-0.1, -0.05) is 12.1 Å². The summed E-state index contributed by atoms with van der Waals surface area (Å²) in [5.74, 6) is -12.4. The predicted octanol–water partition coefficient (Wildman–Crippen LogP) is -2.16. The van der Waals surface area contributed by atoms with Crippen molar-refractivity contribution in [1.82, 2.24) is 4.90 Å². The zero-order chi connectivity index (χ0) is 23.0. The molecule has 3 aliphatic rings. The number of carbonyl (C=O) groups is 5. The van der Waals surface area contributed by atoms with E-state index in [1.807, 2.05) is 0 Å². The summed E-state index contributed by atoms with van der Waals surface area (Å²) in [5.41, 5.74) is 2.57. The van der Waals surface area contributed by atoms with E-state index < -0.39 is 70.5 Å². The molecule has 1 aromatic carbocycles. The number of likely N-dealkylation sites (N-methyl/N-ethyl adjacent to an activating group) is 1. The molecule has 0 spiro atoms. The minimum Gasteiger partial charge on any atom is -0.507 e. The summed E-state index contributed by atoms with van der Waals surface area (Å²) >= 11 is 0. The minimum atomic E-state index is -2.96. The van der Waals surface area contributed by atoms with Crippen molar-refractivity contribution in [3.8, 4) is 5.75 Å². The number of nitrogens with zero attached hydrogens (tertiary/aromatic N) is 1. The number of benzene rings is 1. The van der Waals surface area contributed by atoms with E-state index in [1.165, 1.54) is 31.1 Å². The first-order valence-corrected chi connectivity index (χ1v) is 9.78. The molecule has 3 aliphatic carbocycles. The monoisotopic (exact) mass is 430 g/mol. The Morgan fingerprint density at radius 3 is 2.39 bits per heavy atom. The maximum absolute atomic E-state index is 13.5. The van der Waals surface area contributed by atoms with Gasteiger partial charge in [-0.05, 0) is 32.1 Å². The van der Waals surface area contributed by atoms with E-state index in [4.69, 9.17) is 5.73 Å². The number of hydrogen-bond acceptors (Lipinski definition) is 9. The molecule has 1 amide bonds. The maximum atomic E-state index is 13.5. The zero-order valence-electron chi connectivity index (χ0n) is 16.8. The van der Waals surface area contributed by atoms with Crippen LogP contribution in [0, 0.1) is 23.7 Å². The molecule has 5 N–H and O–H groups in total. The van der Waals surface area contributed by atoms with Gasteiger partial charge in [0.25, 0.3) is 0 Å². The van der Waals surface area contributed by atoms with Crippen molar-refractivity contribution < 1.29 is 39.3 Å². The number of aliphatic hydroxyl groups excluding tert-OH is 1. The van der Waals surface area contributed by atoms with Gasteiger partial charge >= 0.3 is 0 Å². The van der Waals surface area contributed by atoms with E-state index in [0.717, 1.165) is 0 Å². The summed E-state index contributed by atoms with van der Waals surface area (Å²) < 4.78 is 0. The molecule has 0 radical (unpaired) electrons. The summed E-state index contributed by atoms with van der Waals surface area (Å²) in [6.45, 7) is 0. The molecule has 2 saturated carbocycles. The molecule has 0 saturated heterocycles. The average molecular weight is 430 g/mol. The van der Waals surface area contributed by atoms with E-state index in [0.29, 0.717) is 5.56 Å². The molecule has 4 unspecified atom stereocenters. The van der Waals surface area contributed by atoms with Crippen molar-refractivity contribution in [2.24, 2.45) is 29.4 Å². The van der Waals surface area contributed by atoms with Crippen molar-refractivity contribution in [1.29, 1.82) is 0 Å². The van der Waals surface area contributed by atoms with Crippen molar-refractivity contribution in [2.75, 3.05) is 14.1 Å². The minimum absolute atomic E-state index is 0.0153. The van der Waals surface area contributed by atoms with Gasteiger partial charge in [-0.2, -0.15) is 0 Å². The van der Waals surface area contributed by atoms with E-state index >= 15 is 0 Å². The molecule has 31 heavy (non-hydrogen) atoms. The molecule has 0 heterocycles. The molecule has 0 bridgehead atoms. The van der Waals surface area contributed by atoms with Crippen molar-refractivity contribution in [3.05, 3.63) is 29.3 Å². The number of amides is 1. The van der Waals surface area contributed by atoms with Gasteiger partial charge in [0.2, 0.25) is 5.91 Å². The highest BCUT2D eigenvalue weighted by atomic mass is 16.3. The Hall–Kier alpha value is -2.95. The maximum Gasteiger partial charge on any atom is 0.235 e. The van der Waals surface area contributed by atoms with Crippen LogP contribution in [0.25, 0.3) is 0 Å². The Balaban J connectivity index is 1.92. The summed E-state index contributed by atoms with van der Waals surface area (Å²) in [6, 6.07) is 3.00. The van der Waals surface area contributed by atoms with E-state index in [9.17, 15) is 39.3 Å². The third-order valence-corrected chi connectivity index (χ3v) is 6.88. The van der Waals surface area contributed by atoms with Gasteiger partial charge in [-0.25, -0.2) is 0 Å². The fourth-order valence-corrected chi connectivity index (χ4v) is 5.55. The Labute approximate surface area is 176 Å². The van der Waals surface area contributed by atoms with Gasteiger partial charge in [0.15, 0.2) is 34.7 Å². The van der Waals surface area contributed by atoms with E-state index in [-0.39, 0.29) is 17.7 Å². The molecule has 4 rings (SSSR count). The van der Waals surface area contributed by atoms with Gasteiger partial charge in [0.1, 0.15) is 5.75 Å². The lowest BCUT2D eigenvalue weighted by Gasteiger charge is -2.54. The number of phenols is 1. The average Bonchev–Trinajstić information content (AvgIpc) is 2.67.